The molecule has 0 bridgehead atoms. The van der Waals surface area contributed by atoms with E-state index in [1.165, 1.54) is 12.8 Å². The maximum absolute atomic E-state index is 13.1. The Kier molecular flexibility index (Phi) is 5.53. The zero-order valence-corrected chi connectivity index (χ0v) is 14.9. The number of rotatable bonds is 8. The molecule has 0 aliphatic heterocycles. The molecule has 25 heavy (non-hydrogen) atoms. The van der Waals surface area contributed by atoms with Gasteiger partial charge in [-0.05, 0) is 49.4 Å². The van der Waals surface area contributed by atoms with Crippen molar-refractivity contribution in [1.82, 2.24) is 9.88 Å². The smallest absolute Gasteiger partial charge is 0.257 e. The first kappa shape index (κ1) is 17.3. The van der Waals surface area contributed by atoms with Crippen LogP contribution in [-0.2, 0) is 0 Å². The summed E-state index contributed by atoms with van der Waals surface area (Å²) in [7, 11) is 1.63. The van der Waals surface area contributed by atoms with Gasteiger partial charge in [-0.1, -0.05) is 19.1 Å². The van der Waals surface area contributed by atoms with Crippen LogP contribution in [-0.4, -0.2) is 36.0 Å². The summed E-state index contributed by atoms with van der Waals surface area (Å²) in [5, 5.41) is 3.26. The lowest BCUT2D eigenvalue weighted by Crippen LogP contribution is -2.34. The number of methoxy groups -OCH3 is 1. The molecule has 5 heteroatoms. The SMILES string of the molecule is CCCN(CC1CC1)C(=O)c1cccnc1Nc1ccccc1OC. The molecule has 5 nitrogen and oxygen atoms in total. The fraction of sp³-hybridized carbons (Fsp3) is 0.400. The van der Waals surface area contributed by atoms with E-state index in [1.54, 1.807) is 13.3 Å². The third-order valence-electron chi connectivity index (χ3n) is 4.35. The van der Waals surface area contributed by atoms with Crippen LogP contribution in [0.5, 0.6) is 5.75 Å². The van der Waals surface area contributed by atoms with Gasteiger partial charge in [0.05, 0.1) is 18.4 Å². The number of pyridine rings is 1. The van der Waals surface area contributed by atoms with E-state index >= 15 is 0 Å². The van der Waals surface area contributed by atoms with Gasteiger partial charge in [-0.3, -0.25) is 4.79 Å². The Morgan fingerprint density at radius 3 is 2.80 bits per heavy atom. The first-order valence-corrected chi connectivity index (χ1v) is 8.87. The number of aromatic nitrogens is 1. The van der Waals surface area contributed by atoms with E-state index in [-0.39, 0.29) is 5.91 Å². The van der Waals surface area contributed by atoms with E-state index in [0.29, 0.717) is 17.3 Å². The number of ether oxygens (including phenoxy) is 1. The molecule has 0 unspecified atom stereocenters. The topological polar surface area (TPSA) is 54.5 Å². The maximum Gasteiger partial charge on any atom is 0.257 e. The molecule has 1 saturated carbocycles. The fourth-order valence-electron chi connectivity index (χ4n) is 2.88. The lowest BCUT2D eigenvalue weighted by molar-refractivity contribution is 0.0748. The van der Waals surface area contributed by atoms with Gasteiger partial charge in [-0.25, -0.2) is 4.98 Å². The lowest BCUT2D eigenvalue weighted by Gasteiger charge is -2.23. The second kappa shape index (κ2) is 8.01. The second-order valence-electron chi connectivity index (χ2n) is 6.42. The first-order valence-electron chi connectivity index (χ1n) is 8.87. The Bertz CT molecular complexity index is 728. The lowest BCUT2D eigenvalue weighted by atomic mass is 10.2. The zero-order valence-electron chi connectivity index (χ0n) is 14.9. The molecular formula is C20H25N3O2. The van der Waals surface area contributed by atoms with Crippen LogP contribution in [0.2, 0.25) is 0 Å². The average molecular weight is 339 g/mol. The summed E-state index contributed by atoms with van der Waals surface area (Å²) >= 11 is 0. The summed E-state index contributed by atoms with van der Waals surface area (Å²) in [5.74, 6) is 1.99. The quantitative estimate of drug-likeness (QED) is 0.787. The fourth-order valence-corrected chi connectivity index (χ4v) is 2.88. The van der Waals surface area contributed by atoms with Crippen LogP contribution in [0, 0.1) is 5.92 Å². The Hall–Kier alpha value is -2.56. The van der Waals surface area contributed by atoms with Gasteiger partial charge >= 0.3 is 0 Å². The number of hydrogen-bond donors (Lipinski definition) is 1. The summed E-state index contributed by atoms with van der Waals surface area (Å²) in [6.07, 6.45) is 5.10. The normalized spacial score (nSPS) is 13.4. The minimum atomic E-state index is 0.0410. The van der Waals surface area contributed by atoms with Gasteiger partial charge in [-0.15, -0.1) is 0 Å². The van der Waals surface area contributed by atoms with Crippen LogP contribution >= 0.6 is 0 Å². The Labute approximate surface area is 149 Å². The second-order valence-corrected chi connectivity index (χ2v) is 6.42. The highest BCUT2D eigenvalue weighted by Gasteiger charge is 2.28. The van der Waals surface area contributed by atoms with Crippen LogP contribution in [0.15, 0.2) is 42.6 Å². The van der Waals surface area contributed by atoms with Crippen LogP contribution in [0.3, 0.4) is 0 Å². The van der Waals surface area contributed by atoms with Crippen LogP contribution in [0.1, 0.15) is 36.5 Å². The standard InChI is InChI=1S/C20H25N3O2/c1-3-13-23(14-15-10-11-15)20(24)16-7-6-12-21-19(16)22-17-8-4-5-9-18(17)25-2/h4-9,12,15H,3,10-11,13-14H2,1-2H3,(H,21,22). The highest BCUT2D eigenvalue weighted by Crippen LogP contribution is 2.31. The van der Waals surface area contributed by atoms with Gasteiger partial charge in [0, 0.05) is 19.3 Å². The molecule has 1 heterocycles. The number of carbonyl (C=O) groups excluding carboxylic acids is 1. The molecule has 1 aliphatic carbocycles. The molecule has 2 aromatic rings. The number of nitrogens with one attached hydrogen (secondary N) is 1. The highest BCUT2D eigenvalue weighted by atomic mass is 16.5. The van der Waals surface area contributed by atoms with Gasteiger partial charge in [0.25, 0.3) is 5.91 Å². The van der Waals surface area contributed by atoms with Gasteiger partial charge in [0.1, 0.15) is 11.6 Å². The van der Waals surface area contributed by atoms with Crippen molar-refractivity contribution < 1.29 is 9.53 Å². The van der Waals surface area contributed by atoms with Crippen molar-refractivity contribution in [3.8, 4) is 5.75 Å². The van der Waals surface area contributed by atoms with Gasteiger partial charge in [0.2, 0.25) is 0 Å². The average Bonchev–Trinajstić information content (AvgIpc) is 3.46. The van der Waals surface area contributed by atoms with Gasteiger partial charge in [0.15, 0.2) is 0 Å². The third-order valence-corrected chi connectivity index (χ3v) is 4.35. The molecule has 0 spiro atoms. The van der Waals surface area contributed by atoms with Crippen molar-refractivity contribution in [2.24, 2.45) is 5.92 Å². The summed E-state index contributed by atoms with van der Waals surface area (Å²) < 4.78 is 5.38. The molecule has 0 radical (unpaired) electrons. The number of carbonyl (C=O) groups is 1. The van der Waals surface area contributed by atoms with Crippen LogP contribution in [0.25, 0.3) is 0 Å². The van der Waals surface area contributed by atoms with E-state index in [2.05, 4.69) is 17.2 Å². The van der Waals surface area contributed by atoms with E-state index in [9.17, 15) is 4.79 Å². The summed E-state index contributed by atoms with van der Waals surface area (Å²) in [6.45, 7) is 3.72. The Morgan fingerprint density at radius 1 is 1.28 bits per heavy atom. The van der Waals surface area contributed by atoms with Crippen molar-refractivity contribution in [2.75, 3.05) is 25.5 Å². The van der Waals surface area contributed by atoms with Crippen molar-refractivity contribution in [3.63, 3.8) is 0 Å². The Balaban J connectivity index is 1.85. The molecule has 1 aromatic heterocycles. The van der Waals surface area contributed by atoms with E-state index in [1.807, 2.05) is 41.3 Å². The Morgan fingerprint density at radius 2 is 2.08 bits per heavy atom. The van der Waals surface area contributed by atoms with Crippen molar-refractivity contribution in [1.29, 1.82) is 0 Å². The van der Waals surface area contributed by atoms with E-state index < -0.39 is 0 Å². The monoisotopic (exact) mass is 339 g/mol. The molecule has 0 saturated heterocycles. The van der Waals surface area contributed by atoms with Gasteiger partial charge in [-0.2, -0.15) is 0 Å². The minimum absolute atomic E-state index is 0.0410. The van der Waals surface area contributed by atoms with Crippen molar-refractivity contribution in [2.45, 2.75) is 26.2 Å². The molecule has 0 atom stereocenters. The van der Waals surface area contributed by atoms with Crippen LogP contribution < -0.4 is 10.1 Å². The molecule has 1 aliphatic rings. The number of amides is 1. The molecule has 132 valence electrons. The molecular weight excluding hydrogens is 314 g/mol. The maximum atomic E-state index is 13.1. The minimum Gasteiger partial charge on any atom is -0.495 e. The molecule has 1 amide bonds. The van der Waals surface area contributed by atoms with E-state index in [4.69, 9.17) is 4.74 Å². The highest BCUT2D eigenvalue weighted by molar-refractivity contribution is 5.99. The number of para-hydroxylation sites is 2. The third kappa shape index (κ3) is 4.29. The van der Waals surface area contributed by atoms with Crippen LogP contribution in [0.4, 0.5) is 11.5 Å². The number of benzene rings is 1. The number of nitrogens with zero attached hydrogens (tertiary/aromatic N) is 2. The van der Waals surface area contributed by atoms with Gasteiger partial charge < -0.3 is 15.0 Å². The zero-order chi connectivity index (χ0) is 17.6. The first-order chi connectivity index (χ1) is 12.2. The van der Waals surface area contributed by atoms with Crippen molar-refractivity contribution >= 4 is 17.4 Å². The summed E-state index contributed by atoms with van der Waals surface area (Å²) in [6, 6.07) is 11.3. The molecule has 1 fully saturated rings. The van der Waals surface area contributed by atoms with Crippen molar-refractivity contribution in [3.05, 3.63) is 48.2 Å². The molecule has 1 aromatic carbocycles. The number of anilines is 2. The molecule has 3 rings (SSSR count). The molecule has 1 N–H and O–H groups in total. The summed E-state index contributed by atoms with van der Waals surface area (Å²) in [5.41, 5.74) is 1.39. The summed E-state index contributed by atoms with van der Waals surface area (Å²) in [4.78, 5) is 19.4. The number of hydrogen-bond acceptors (Lipinski definition) is 4. The predicted molar refractivity (Wildman–Crippen MR) is 99.4 cm³/mol. The van der Waals surface area contributed by atoms with E-state index in [0.717, 1.165) is 30.9 Å². The predicted octanol–water partition coefficient (Wildman–Crippen LogP) is 4.10. The largest absolute Gasteiger partial charge is 0.495 e.